The number of halogens is 1. The van der Waals surface area contributed by atoms with Crippen LogP contribution in [0.5, 0.6) is 0 Å². The van der Waals surface area contributed by atoms with E-state index in [-0.39, 0.29) is 5.78 Å². The van der Waals surface area contributed by atoms with Crippen LogP contribution in [0, 0.1) is 11.3 Å². The second-order valence-corrected chi connectivity index (χ2v) is 5.45. The van der Waals surface area contributed by atoms with Crippen molar-refractivity contribution in [2.45, 2.75) is 19.3 Å². The van der Waals surface area contributed by atoms with Gasteiger partial charge in [-0.25, -0.2) is 0 Å². The summed E-state index contributed by atoms with van der Waals surface area (Å²) in [6.45, 7) is 2.07. The molecule has 0 N–H and O–H groups in total. The molecule has 0 aliphatic carbocycles. The van der Waals surface area contributed by atoms with Crippen molar-refractivity contribution in [3.05, 3.63) is 69.7 Å². The van der Waals surface area contributed by atoms with Gasteiger partial charge in [-0.2, -0.15) is 5.26 Å². The highest BCUT2D eigenvalue weighted by atomic mass is 79.9. The minimum atomic E-state index is -0.764. The topological polar surface area (TPSA) is 40.9 Å². The van der Waals surface area contributed by atoms with Crippen LogP contribution in [0.3, 0.4) is 0 Å². The first kappa shape index (κ1) is 14.5. The molecule has 0 amide bonds. The van der Waals surface area contributed by atoms with Gasteiger partial charge in [0.05, 0.1) is 6.07 Å². The molecule has 0 aromatic heterocycles. The van der Waals surface area contributed by atoms with Crippen LogP contribution < -0.4 is 0 Å². The number of ketones is 1. The second kappa shape index (κ2) is 6.49. The number of rotatable bonds is 4. The molecule has 0 aliphatic rings. The first-order valence-corrected chi connectivity index (χ1v) is 7.23. The van der Waals surface area contributed by atoms with Gasteiger partial charge in [-0.15, -0.1) is 0 Å². The van der Waals surface area contributed by atoms with Gasteiger partial charge in [0.25, 0.3) is 0 Å². The molecule has 0 saturated carbocycles. The molecule has 2 aromatic rings. The van der Waals surface area contributed by atoms with E-state index in [9.17, 15) is 10.1 Å². The Hall–Kier alpha value is -1.92. The molecule has 0 aliphatic heterocycles. The Bertz CT molecular complexity index is 655. The minimum Gasteiger partial charge on any atom is -0.292 e. The molecule has 0 saturated heterocycles. The quantitative estimate of drug-likeness (QED) is 0.775. The standard InChI is InChI=1S/C17H14BrNO/c1-2-12-6-8-13(9-7-12)17(20)16(11-19)14-4-3-5-15(18)10-14/h3-10,16H,2H2,1H3. The molecule has 1 unspecified atom stereocenters. The summed E-state index contributed by atoms with van der Waals surface area (Å²) in [6.07, 6.45) is 0.932. The maximum atomic E-state index is 12.4. The Balaban J connectivity index is 2.31. The summed E-state index contributed by atoms with van der Waals surface area (Å²) in [6, 6.07) is 16.9. The van der Waals surface area contributed by atoms with Gasteiger partial charge in [-0.05, 0) is 29.7 Å². The highest BCUT2D eigenvalue weighted by molar-refractivity contribution is 9.10. The lowest BCUT2D eigenvalue weighted by Gasteiger charge is -2.09. The SMILES string of the molecule is CCc1ccc(C(=O)C(C#N)c2cccc(Br)c2)cc1. The molecular weight excluding hydrogens is 314 g/mol. The van der Waals surface area contributed by atoms with Crippen molar-refractivity contribution in [2.75, 3.05) is 0 Å². The first-order valence-electron chi connectivity index (χ1n) is 6.44. The number of nitriles is 1. The number of nitrogens with zero attached hydrogens (tertiary/aromatic N) is 1. The summed E-state index contributed by atoms with van der Waals surface area (Å²) in [5, 5.41) is 9.32. The fraction of sp³-hybridized carbons (Fsp3) is 0.176. The number of hydrogen-bond acceptors (Lipinski definition) is 2. The van der Waals surface area contributed by atoms with E-state index in [1.165, 1.54) is 5.56 Å². The number of aryl methyl sites for hydroxylation is 1. The van der Waals surface area contributed by atoms with E-state index in [0.29, 0.717) is 11.1 Å². The fourth-order valence-corrected chi connectivity index (χ4v) is 2.46. The normalized spacial score (nSPS) is 11.7. The van der Waals surface area contributed by atoms with E-state index in [1.807, 2.05) is 30.3 Å². The van der Waals surface area contributed by atoms with Gasteiger partial charge in [0.1, 0.15) is 5.92 Å². The molecule has 1 atom stereocenters. The molecule has 2 aromatic carbocycles. The van der Waals surface area contributed by atoms with Crippen molar-refractivity contribution in [1.82, 2.24) is 0 Å². The van der Waals surface area contributed by atoms with Crippen LogP contribution in [0.2, 0.25) is 0 Å². The van der Waals surface area contributed by atoms with Crippen molar-refractivity contribution < 1.29 is 4.79 Å². The predicted molar refractivity (Wildman–Crippen MR) is 82.6 cm³/mol. The third kappa shape index (κ3) is 3.15. The minimum absolute atomic E-state index is 0.159. The van der Waals surface area contributed by atoms with Crippen molar-refractivity contribution in [3.8, 4) is 6.07 Å². The highest BCUT2D eigenvalue weighted by Gasteiger charge is 2.21. The molecule has 20 heavy (non-hydrogen) atoms. The summed E-state index contributed by atoms with van der Waals surface area (Å²) in [7, 11) is 0. The summed E-state index contributed by atoms with van der Waals surface area (Å²) >= 11 is 3.36. The van der Waals surface area contributed by atoms with Crippen LogP contribution in [-0.2, 0) is 6.42 Å². The maximum absolute atomic E-state index is 12.4. The molecule has 0 radical (unpaired) electrons. The van der Waals surface area contributed by atoms with Crippen LogP contribution >= 0.6 is 15.9 Å². The van der Waals surface area contributed by atoms with Crippen LogP contribution in [0.25, 0.3) is 0 Å². The van der Waals surface area contributed by atoms with E-state index >= 15 is 0 Å². The van der Waals surface area contributed by atoms with Crippen LogP contribution in [-0.4, -0.2) is 5.78 Å². The number of carbonyl (C=O) groups excluding carboxylic acids is 1. The summed E-state index contributed by atoms with van der Waals surface area (Å²) in [4.78, 5) is 12.4. The van der Waals surface area contributed by atoms with E-state index < -0.39 is 5.92 Å². The number of carbonyl (C=O) groups is 1. The van der Waals surface area contributed by atoms with Crippen molar-refractivity contribution in [1.29, 1.82) is 5.26 Å². The second-order valence-electron chi connectivity index (χ2n) is 4.53. The Morgan fingerprint density at radius 2 is 1.95 bits per heavy atom. The predicted octanol–water partition coefficient (Wildman–Crippen LogP) is 4.50. The molecule has 3 heteroatoms. The zero-order valence-electron chi connectivity index (χ0n) is 11.1. The Morgan fingerprint density at radius 1 is 1.25 bits per heavy atom. The molecule has 100 valence electrons. The van der Waals surface area contributed by atoms with E-state index in [0.717, 1.165) is 10.9 Å². The molecule has 0 fully saturated rings. The van der Waals surface area contributed by atoms with E-state index in [1.54, 1.807) is 18.2 Å². The summed E-state index contributed by atoms with van der Waals surface area (Å²) in [5.41, 5.74) is 2.47. The number of hydrogen-bond donors (Lipinski definition) is 0. The Morgan fingerprint density at radius 3 is 2.50 bits per heavy atom. The molecular formula is C17H14BrNO. The fourth-order valence-electron chi connectivity index (χ4n) is 2.04. The molecule has 2 nitrogen and oxygen atoms in total. The highest BCUT2D eigenvalue weighted by Crippen LogP contribution is 2.23. The molecule has 0 heterocycles. The smallest absolute Gasteiger partial charge is 0.184 e. The van der Waals surface area contributed by atoms with Crippen LogP contribution in [0.1, 0.15) is 34.3 Å². The van der Waals surface area contributed by atoms with Crippen LogP contribution in [0.15, 0.2) is 53.0 Å². The molecule has 0 spiro atoms. The zero-order chi connectivity index (χ0) is 14.5. The Labute approximate surface area is 127 Å². The van der Waals surface area contributed by atoms with Crippen molar-refractivity contribution in [3.63, 3.8) is 0 Å². The average molecular weight is 328 g/mol. The third-order valence-electron chi connectivity index (χ3n) is 3.22. The van der Waals surface area contributed by atoms with Gasteiger partial charge in [-0.3, -0.25) is 4.79 Å². The lowest BCUT2D eigenvalue weighted by Crippen LogP contribution is -2.11. The first-order chi connectivity index (χ1) is 9.65. The van der Waals surface area contributed by atoms with Crippen molar-refractivity contribution >= 4 is 21.7 Å². The summed E-state index contributed by atoms with van der Waals surface area (Å²) in [5.74, 6) is -0.923. The van der Waals surface area contributed by atoms with Crippen LogP contribution in [0.4, 0.5) is 0 Å². The monoisotopic (exact) mass is 327 g/mol. The van der Waals surface area contributed by atoms with Crippen molar-refractivity contribution in [2.24, 2.45) is 0 Å². The number of Topliss-reactive ketones (excluding diaryl/α,β-unsaturated/α-hetero) is 1. The van der Waals surface area contributed by atoms with Gasteiger partial charge in [0.2, 0.25) is 0 Å². The van der Waals surface area contributed by atoms with Gasteiger partial charge < -0.3 is 0 Å². The largest absolute Gasteiger partial charge is 0.292 e. The van der Waals surface area contributed by atoms with E-state index in [2.05, 4.69) is 28.9 Å². The lowest BCUT2D eigenvalue weighted by atomic mass is 9.91. The van der Waals surface area contributed by atoms with Gasteiger partial charge >= 0.3 is 0 Å². The summed E-state index contributed by atoms with van der Waals surface area (Å²) < 4.78 is 0.865. The molecule has 2 rings (SSSR count). The number of benzene rings is 2. The average Bonchev–Trinajstić information content (AvgIpc) is 2.48. The Kier molecular flexibility index (Phi) is 4.70. The van der Waals surface area contributed by atoms with Gasteiger partial charge in [0, 0.05) is 10.0 Å². The van der Waals surface area contributed by atoms with Gasteiger partial charge in [-0.1, -0.05) is 59.3 Å². The van der Waals surface area contributed by atoms with E-state index in [4.69, 9.17) is 0 Å². The lowest BCUT2D eigenvalue weighted by molar-refractivity contribution is 0.0979. The zero-order valence-corrected chi connectivity index (χ0v) is 12.7. The molecule has 0 bridgehead atoms. The van der Waals surface area contributed by atoms with Gasteiger partial charge in [0.15, 0.2) is 5.78 Å². The third-order valence-corrected chi connectivity index (χ3v) is 3.71. The maximum Gasteiger partial charge on any atom is 0.184 e.